The van der Waals surface area contributed by atoms with Gasteiger partial charge in [0.25, 0.3) is 0 Å². The summed E-state index contributed by atoms with van der Waals surface area (Å²) in [5, 5.41) is 12.0. The molecule has 0 bridgehead atoms. The molecule has 0 aromatic heterocycles. The molecule has 1 aliphatic heterocycles. The van der Waals surface area contributed by atoms with Gasteiger partial charge >= 0.3 is 6.09 Å². The van der Waals surface area contributed by atoms with E-state index in [2.05, 4.69) is 40.6 Å². The number of rotatable bonds is 3. The fourth-order valence-corrected chi connectivity index (χ4v) is 4.94. The average Bonchev–Trinajstić information content (AvgIpc) is 2.71. The van der Waals surface area contributed by atoms with E-state index in [0.29, 0.717) is 0 Å². The third-order valence-electron chi connectivity index (χ3n) is 6.30. The number of nitrogens with zero attached hydrogens (tertiary/aromatic N) is 2. The van der Waals surface area contributed by atoms with Gasteiger partial charge in [0.05, 0.1) is 5.71 Å². The highest BCUT2D eigenvalue weighted by Crippen LogP contribution is 2.36. The number of nitrogens with one attached hydrogen (secondary N) is 1. The van der Waals surface area contributed by atoms with Crippen molar-refractivity contribution in [2.45, 2.75) is 59.0 Å². The molecule has 0 saturated heterocycles. The Hall–Kier alpha value is -2.95. The van der Waals surface area contributed by atoms with Gasteiger partial charge in [0.1, 0.15) is 6.10 Å². The molecule has 162 valence electrons. The summed E-state index contributed by atoms with van der Waals surface area (Å²) in [6, 6.07) is 16.2. The van der Waals surface area contributed by atoms with E-state index in [0.717, 1.165) is 65.9 Å². The Morgan fingerprint density at radius 2 is 1.65 bits per heavy atom. The summed E-state index contributed by atoms with van der Waals surface area (Å²) in [5.41, 5.74) is 6.01. The van der Waals surface area contributed by atoms with Crippen molar-refractivity contribution in [1.82, 2.24) is 0 Å². The normalized spacial score (nSPS) is 23.5. The van der Waals surface area contributed by atoms with Gasteiger partial charge in [-0.25, -0.2) is 4.79 Å². The second kappa shape index (κ2) is 9.46. The Morgan fingerprint density at radius 3 is 2.39 bits per heavy atom. The molecule has 5 heteroatoms. The number of carbonyl (C=O) groups is 1. The molecular weight excluding hydrogens is 386 g/mol. The number of ether oxygens (including phenoxy) is 1. The van der Waals surface area contributed by atoms with Crippen LogP contribution in [0.2, 0.25) is 0 Å². The largest absolute Gasteiger partial charge is 0.445 e. The molecule has 3 unspecified atom stereocenters. The second-order valence-electron chi connectivity index (χ2n) is 8.81. The number of amides is 1. The van der Waals surface area contributed by atoms with Crippen molar-refractivity contribution in [3.63, 3.8) is 0 Å². The summed E-state index contributed by atoms with van der Waals surface area (Å²) >= 11 is 0. The first-order valence-corrected chi connectivity index (χ1v) is 11.2. The molecule has 2 aromatic carbocycles. The molecule has 1 N–H and O–H groups in total. The van der Waals surface area contributed by atoms with Gasteiger partial charge in [-0.05, 0) is 68.9 Å². The van der Waals surface area contributed by atoms with Crippen LogP contribution in [0.25, 0.3) is 0 Å². The quantitative estimate of drug-likeness (QED) is 0.637. The molecule has 1 heterocycles. The average molecular weight is 418 g/mol. The van der Waals surface area contributed by atoms with Gasteiger partial charge < -0.3 is 4.74 Å². The standard InChI is InChI=1S/C26H31N3O2/c1-17-14-18(2)16-21(15-17)27-26(30)31-23-13-9-5-8-12-22-19(3)28-29-25(24(22)23)20-10-6-4-7-11-20/h4,6-7,10-11,14-16,22-24H,5,8-9,12-13H2,1-3H3,(H,27,30). The van der Waals surface area contributed by atoms with Gasteiger partial charge in [-0.2, -0.15) is 10.2 Å². The Labute approximate surface area is 184 Å². The molecule has 2 aliphatic rings. The number of anilines is 1. The molecule has 0 spiro atoms. The van der Waals surface area contributed by atoms with Crippen molar-refractivity contribution >= 4 is 23.2 Å². The number of hydrogen-bond acceptors (Lipinski definition) is 4. The Bertz CT molecular complexity index is 977. The summed E-state index contributed by atoms with van der Waals surface area (Å²) in [5.74, 6) is 0.261. The number of hydrogen-bond donors (Lipinski definition) is 1. The number of fused-ring (bicyclic) bond motifs is 1. The smallest absolute Gasteiger partial charge is 0.411 e. The SMILES string of the molecule is CC1=NN=C(c2ccccc2)C2C(OC(=O)Nc3cc(C)cc(C)c3)CCCCCC12. The summed E-state index contributed by atoms with van der Waals surface area (Å²) in [4.78, 5) is 12.9. The molecule has 0 radical (unpaired) electrons. The predicted molar refractivity (Wildman–Crippen MR) is 126 cm³/mol. The van der Waals surface area contributed by atoms with Crippen molar-refractivity contribution in [3.05, 3.63) is 65.2 Å². The molecule has 4 rings (SSSR count). The van der Waals surface area contributed by atoms with Gasteiger partial charge in [-0.15, -0.1) is 0 Å². The van der Waals surface area contributed by atoms with Crippen LogP contribution in [0.5, 0.6) is 0 Å². The maximum absolute atomic E-state index is 12.9. The van der Waals surface area contributed by atoms with Crippen LogP contribution < -0.4 is 5.32 Å². The first kappa shape index (κ1) is 21.3. The van der Waals surface area contributed by atoms with E-state index in [-0.39, 0.29) is 17.9 Å². The molecule has 5 nitrogen and oxygen atoms in total. The van der Waals surface area contributed by atoms with Crippen LogP contribution in [0.3, 0.4) is 0 Å². The van der Waals surface area contributed by atoms with Crippen LogP contribution in [0.4, 0.5) is 10.5 Å². The molecular formula is C26H31N3O2. The van der Waals surface area contributed by atoms with E-state index >= 15 is 0 Å². The monoisotopic (exact) mass is 417 g/mol. The lowest BCUT2D eigenvalue weighted by Crippen LogP contribution is -2.43. The first-order chi connectivity index (χ1) is 15.0. The van der Waals surface area contributed by atoms with Crippen molar-refractivity contribution in [3.8, 4) is 0 Å². The predicted octanol–water partition coefficient (Wildman–Crippen LogP) is 6.30. The van der Waals surface area contributed by atoms with Crippen molar-refractivity contribution < 1.29 is 9.53 Å². The number of benzene rings is 2. The summed E-state index contributed by atoms with van der Waals surface area (Å²) in [7, 11) is 0. The highest BCUT2D eigenvalue weighted by Gasteiger charge is 2.40. The Morgan fingerprint density at radius 1 is 0.935 bits per heavy atom. The van der Waals surface area contributed by atoms with E-state index < -0.39 is 6.09 Å². The van der Waals surface area contributed by atoms with Gasteiger partial charge in [-0.3, -0.25) is 5.32 Å². The van der Waals surface area contributed by atoms with Crippen LogP contribution in [0, 0.1) is 25.7 Å². The number of aryl methyl sites for hydroxylation is 2. The van der Waals surface area contributed by atoms with Gasteiger partial charge in [-0.1, -0.05) is 49.2 Å². The lowest BCUT2D eigenvalue weighted by molar-refractivity contribution is 0.0676. The third kappa shape index (κ3) is 5.04. The van der Waals surface area contributed by atoms with E-state index in [4.69, 9.17) is 4.74 Å². The third-order valence-corrected chi connectivity index (χ3v) is 6.30. The summed E-state index contributed by atoms with van der Waals surface area (Å²) in [6.45, 7) is 6.10. The molecule has 1 saturated carbocycles. The fraction of sp³-hybridized carbons (Fsp3) is 0.423. The van der Waals surface area contributed by atoms with Crippen molar-refractivity contribution in [1.29, 1.82) is 0 Å². The minimum atomic E-state index is -0.401. The second-order valence-corrected chi connectivity index (χ2v) is 8.81. The van der Waals surface area contributed by atoms with E-state index in [1.807, 2.05) is 44.2 Å². The summed E-state index contributed by atoms with van der Waals surface area (Å²) < 4.78 is 6.09. The molecule has 2 aromatic rings. The zero-order valence-electron chi connectivity index (χ0n) is 18.6. The minimum absolute atomic E-state index is 0.0187. The molecule has 3 atom stereocenters. The molecule has 31 heavy (non-hydrogen) atoms. The van der Waals surface area contributed by atoms with Crippen LogP contribution in [0.15, 0.2) is 58.7 Å². The van der Waals surface area contributed by atoms with Crippen molar-refractivity contribution in [2.24, 2.45) is 22.0 Å². The van der Waals surface area contributed by atoms with Crippen LogP contribution in [-0.4, -0.2) is 23.6 Å². The van der Waals surface area contributed by atoms with E-state index in [9.17, 15) is 4.79 Å². The van der Waals surface area contributed by atoms with Crippen LogP contribution >= 0.6 is 0 Å². The first-order valence-electron chi connectivity index (χ1n) is 11.2. The van der Waals surface area contributed by atoms with Crippen LogP contribution in [-0.2, 0) is 4.74 Å². The maximum atomic E-state index is 12.9. The zero-order chi connectivity index (χ0) is 21.8. The molecule has 1 aliphatic carbocycles. The van der Waals surface area contributed by atoms with Crippen LogP contribution in [0.1, 0.15) is 55.7 Å². The molecule has 1 amide bonds. The van der Waals surface area contributed by atoms with E-state index in [1.165, 1.54) is 0 Å². The van der Waals surface area contributed by atoms with Crippen molar-refractivity contribution in [2.75, 3.05) is 5.32 Å². The Balaban J connectivity index is 1.60. The topological polar surface area (TPSA) is 63.1 Å². The Kier molecular flexibility index (Phi) is 6.50. The number of carbonyl (C=O) groups excluding carboxylic acids is 1. The van der Waals surface area contributed by atoms with E-state index in [1.54, 1.807) is 0 Å². The van der Waals surface area contributed by atoms with Gasteiger partial charge in [0.2, 0.25) is 0 Å². The van der Waals surface area contributed by atoms with Gasteiger partial charge in [0.15, 0.2) is 0 Å². The highest BCUT2D eigenvalue weighted by molar-refractivity contribution is 6.07. The minimum Gasteiger partial charge on any atom is -0.445 e. The zero-order valence-corrected chi connectivity index (χ0v) is 18.6. The summed E-state index contributed by atoms with van der Waals surface area (Å²) in [6.07, 6.45) is 4.60. The maximum Gasteiger partial charge on any atom is 0.411 e. The lowest BCUT2D eigenvalue weighted by Gasteiger charge is -2.37. The lowest BCUT2D eigenvalue weighted by atomic mass is 9.73. The molecule has 1 fully saturated rings. The fourth-order valence-electron chi connectivity index (χ4n) is 4.94. The highest BCUT2D eigenvalue weighted by atomic mass is 16.6. The van der Waals surface area contributed by atoms with Gasteiger partial charge in [0, 0.05) is 23.2 Å².